The normalized spacial score (nSPS) is 10.5. The molecule has 118 valence electrons. The second kappa shape index (κ2) is 9.05. The summed E-state index contributed by atoms with van der Waals surface area (Å²) in [7, 11) is 0. The Kier molecular flexibility index (Phi) is 6.71. The van der Waals surface area contributed by atoms with Gasteiger partial charge in [-0.25, -0.2) is 4.39 Å². The van der Waals surface area contributed by atoms with Crippen molar-refractivity contribution < 1.29 is 13.9 Å². The molecule has 0 spiro atoms. The molecule has 0 aliphatic rings. The summed E-state index contributed by atoms with van der Waals surface area (Å²) in [6.45, 7) is 1.78. The van der Waals surface area contributed by atoms with Crippen molar-refractivity contribution >= 4 is 0 Å². The van der Waals surface area contributed by atoms with Gasteiger partial charge >= 0.3 is 0 Å². The average molecular weight is 303 g/mol. The lowest BCUT2D eigenvalue weighted by Gasteiger charge is -2.09. The lowest BCUT2D eigenvalue weighted by molar-refractivity contribution is 0.297. The molecule has 0 aliphatic carbocycles. The second-order valence-corrected chi connectivity index (χ2v) is 5.09. The third kappa shape index (κ3) is 5.74. The van der Waals surface area contributed by atoms with Crippen LogP contribution in [0.4, 0.5) is 4.39 Å². The fourth-order valence-corrected chi connectivity index (χ4v) is 2.04. The summed E-state index contributed by atoms with van der Waals surface area (Å²) in [5.74, 6) is 1.31. The molecule has 2 rings (SSSR count). The molecule has 0 radical (unpaired) electrons. The first-order valence-corrected chi connectivity index (χ1v) is 7.58. The van der Waals surface area contributed by atoms with Crippen LogP contribution in [-0.4, -0.2) is 13.2 Å². The molecule has 3 nitrogen and oxygen atoms in total. The SMILES string of the molecule is NCCCCCOc1ccc(OCc2cccc(F)c2)cc1. The van der Waals surface area contributed by atoms with Gasteiger partial charge in [0.25, 0.3) is 0 Å². The summed E-state index contributed by atoms with van der Waals surface area (Å²) in [5, 5.41) is 0. The van der Waals surface area contributed by atoms with E-state index in [0.29, 0.717) is 13.2 Å². The van der Waals surface area contributed by atoms with Gasteiger partial charge in [0.2, 0.25) is 0 Å². The minimum Gasteiger partial charge on any atom is -0.494 e. The minimum absolute atomic E-state index is 0.250. The maximum atomic E-state index is 13.1. The Morgan fingerprint density at radius 2 is 1.59 bits per heavy atom. The Morgan fingerprint density at radius 3 is 2.27 bits per heavy atom. The fourth-order valence-electron chi connectivity index (χ4n) is 2.04. The highest BCUT2D eigenvalue weighted by atomic mass is 19.1. The van der Waals surface area contributed by atoms with E-state index in [1.807, 2.05) is 30.3 Å². The molecule has 0 aliphatic heterocycles. The molecule has 0 saturated heterocycles. The van der Waals surface area contributed by atoms with E-state index in [1.165, 1.54) is 12.1 Å². The molecule has 0 heterocycles. The Morgan fingerprint density at radius 1 is 0.864 bits per heavy atom. The van der Waals surface area contributed by atoms with Crippen LogP contribution in [-0.2, 0) is 6.61 Å². The molecular formula is C18H22FNO2. The van der Waals surface area contributed by atoms with Crippen LogP contribution >= 0.6 is 0 Å². The lowest BCUT2D eigenvalue weighted by Crippen LogP contribution is -2.01. The largest absolute Gasteiger partial charge is 0.494 e. The van der Waals surface area contributed by atoms with Crippen molar-refractivity contribution in [1.29, 1.82) is 0 Å². The van der Waals surface area contributed by atoms with Crippen molar-refractivity contribution in [2.75, 3.05) is 13.2 Å². The quantitative estimate of drug-likeness (QED) is 0.714. The summed E-state index contributed by atoms with van der Waals surface area (Å²) < 4.78 is 24.3. The third-order valence-corrected chi connectivity index (χ3v) is 3.24. The molecule has 0 saturated carbocycles. The van der Waals surface area contributed by atoms with E-state index in [0.717, 1.165) is 42.9 Å². The highest BCUT2D eigenvalue weighted by Crippen LogP contribution is 2.19. The van der Waals surface area contributed by atoms with Crippen LogP contribution < -0.4 is 15.2 Å². The predicted octanol–water partition coefficient (Wildman–Crippen LogP) is 3.91. The molecule has 22 heavy (non-hydrogen) atoms. The van der Waals surface area contributed by atoms with Crippen LogP contribution in [0.5, 0.6) is 11.5 Å². The van der Waals surface area contributed by atoms with Gasteiger partial charge in [0.1, 0.15) is 23.9 Å². The maximum absolute atomic E-state index is 13.1. The molecule has 0 fully saturated rings. The summed E-state index contributed by atoms with van der Waals surface area (Å²) >= 11 is 0. The monoisotopic (exact) mass is 303 g/mol. The summed E-state index contributed by atoms with van der Waals surface area (Å²) in [6, 6.07) is 13.9. The molecule has 0 bridgehead atoms. The maximum Gasteiger partial charge on any atom is 0.123 e. The summed E-state index contributed by atoms with van der Waals surface area (Å²) in [4.78, 5) is 0. The second-order valence-electron chi connectivity index (χ2n) is 5.09. The lowest BCUT2D eigenvalue weighted by atomic mass is 10.2. The standard InChI is InChI=1S/C18H22FNO2/c19-16-6-4-5-15(13-16)14-22-18-9-7-17(8-10-18)21-12-3-1-2-11-20/h4-10,13H,1-3,11-12,14,20H2. The number of hydrogen-bond donors (Lipinski definition) is 1. The average Bonchev–Trinajstić information content (AvgIpc) is 2.54. The van der Waals surface area contributed by atoms with Crippen molar-refractivity contribution in [3.8, 4) is 11.5 Å². The molecule has 2 N–H and O–H groups in total. The van der Waals surface area contributed by atoms with Crippen molar-refractivity contribution in [2.24, 2.45) is 5.73 Å². The first-order chi connectivity index (χ1) is 10.8. The van der Waals surface area contributed by atoms with Crippen LogP contribution in [0.15, 0.2) is 48.5 Å². The first kappa shape index (κ1) is 16.3. The van der Waals surface area contributed by atoms with E-state index >= 15 is 0 Å². The highest BCUT2D eigenvalue weighted by molar-refractivity contribution is 5.31. The van der Waals surface area contributed by atoms with Gasteiger partial charge in [0.15, 0.2) is 0 Å². The van der Waals surface area contributed by atoms with Gasteiger partial charge in [-0.15, -0.1) is 0 Å². The summed E-state index contributed by atoms with van der Waals surface area (Å²) in [6.07, 6.45) is 3.14. The number of halogens is 1. The minimum atomic E-state index is -0.250. The van der Waals surface area contributed by atoms with E-state index in [9.17, 15) is 4.39 Å². The Labute approximate surface area is 130 Å². The van der Waals surface area contributed by atoms with Gasteiger partial charge in [-0.3, -0.25) is 0 Å². The van der Waals surface area contributed by atoms with E-state index in [-0.39, 0.29) is 5.82 Å². The van der Waals surface area contributed by atoms with Crippen LogP contribution in [0, 0.1) is 5.82 Å². The number of nitrogens with two attached hydrogens (primary N) is 1. The summed E-state index contributed by atoms with van der Waals surface area (Å²) in [5.41, 5.74) is 6.25. The molecule has 0 aromatic heterocycles. The zero-order chi connectivity index (χ0) is 15.6. The first-order valence-electron chi connectivity index (χ1n) is 7.58. The van der Waals surface area contributed by atoms with Crippen LogP contribution in [0.3, 0.4) is 0 Å². The number of hydrogen-bond acceptors (Lipinski definition) is 3. The predicted molar refractivity (Wildman–Crippen MR) is 85.6 cm³/mol. The number of ether oxygens (including phenoxy) is 2. The number of unbranched alkanes of at least 4 members (excludes halogenated alkanes) is 2. The number of benzene rings is 2. The smallest absolute Gasteiger partial charge is 0.123 e. The van der Waals surface area contributed by atoms with E-state index in [2.05, 4.69) is 0 Å². The van der Waals surface area contributed by atoms with Crippen molar-refractivity contribution in [2.45, 2.75) is 25.9 Å². The van der Waals surface area contributed by atoms with E-state index in [4.69, 9.17) is 15.2 Å². The van der Waals surface area contributed by atoms with Gasteiger partial charge in [0.05, 0.1) is 6.61 Å². The van der Waals surface area contributed by atoms with Gasteiger partial charge in [0, 0.05) is 0 Å². The van der Waals surface area contributed by atoms with Crippen molar-refractivity contribution in [3.05, 3.63) is 59.9 Å². The molecule has 2 aromatic rings. The zero-order valence-corrected chi connectivity index (χ0v) is 12.6. The zero-order valence-electron chi connectivity index (χ0n) is 12.6. The van der Waals surface area contributed by atoms with Gasteiger partial charge < -0.3 is 15.2 Å². The van der Waals surface area contributed by atoms with E-state index in [1.54, 1.807) is 6.07 Å². The van der Waals surface area contributed by atoms with Crippen molar-refractivity contribution in [1.82, 2.24) is 0 Å². The van der Waals surface area contributed by atoms with Crippen LogP contribution in [0.1, 0.15) is 24.8 Å². The van der Waals surface area contributed by atoms with Gasteiger partial charge in [-0.1, -0.05) is 12.1 Å². The third-order valence-electron chi connectivity index (χ3n) is 3.24. The molecule has 0 unspecified atom stereocenters. The molecule has 4 heteroatoms. The van der Waals surface area contributed by atoms with Crippen LogP contribution in [0.25, 0.3) is 0 Å². The Hall–Kier alpha value is -2.07. The van der Waals surface area contributed by atoms with Gasteiger partial charge in [-0.2, -0.15) is 0 Å². The fraction of sp³-hybridized carbons (Fsp3) is 0.333. The molecule has 0 atom stereocenters. The highest BCUT2D eigenvalue weighted by Gasteiger charge is 1.99. The van der Waals surface area contributed by atoms with Crippen molar-refractivity contribution in [3.63, 3.8) is 0 Å². The topological polar surface area (TPSA) is 44.5 Å². The Balaban J connectivity index is 1.74. The molecular weight excluding hydrogens is 281 g/mol. The molecule has 0 amide bonds. The Bertz CT molecular complexity index is 557. The van der Waals surface area contributed by atoms with Crippen LogP contribution in [0.2, 0.25) is 0 Å². The number of rotatable bonds is 9. The molecule has 2 aromatic carbocycles. The van der Waals surface area contributed by atoms with E-state index < -0.39 is 0 Å². The van der Waals surface area contributed by atoms with Gasteiger partial charge in [-0.05, 0) is 67.8 Å².